The molecule has 0 radical (unpaired) electrons. The second kappa shape index (κ2) is 5.40. The van der Waals surface area contributed by atoms with Crippen molar-refractivity contribution in [1.82, 2.24) is 5.32 Å². The maximum absolute atomic E-state index is 12.3. The fourth-order valence-electron chi connectivity index (χ4n) is 2.73. The Morgan fingerprint density at radius 1 is 1.00 bits per heavy atom. The van der Waals surface area contributed by atoms with Crippen molar-refractivity contribution in [2.75, 3.05) is 0 Å². The van der Waals surface area contributed by atoms with Crippen LogP contribution in [0.4, 0.5) is 0 Å². The molecule has 0 heterocycles. The van der Waals surface area contributed by atoms with Crippen LogP contribution in [0.1, 0.15) is 44.3 Å². The van der Waals surface area contributed by atoms with Crippen molar-refractivity contribution in [2.45, 2.75) is 18.9 Å². The molecule has 0 saturated heterocycles. The van der Waals surface area contributed by atoms with E-state index in [1.165, 1.54) is 11.1 Å². The Labute approximate surface area is 123 Å². The summed E-state index contributed by atoms with van der Waals surface area (Å²) in [4.78, 5) is 23.3. The molecule has 0 aliphatic heterocycles. The molecule has 1 atom stereocenters. The third kappa shape index (κ3) is 2.65. The monoisotopic (exact) mass is 280 g/mol. The van der Waals surface area contributed by atoms with Crippen LogP contribution in [0.3, 0.4) is 0 Å². The summed E-state index contributed by atoms with van der Waals surface area (Å²) in [5, 5.41) is 3.04. The summed E-state index contributed by atoms with van der Waals surface area (Å²) in [6.07, 6.45) is 1.91. The SMILES string of the molecule is NC(=O)c1ccc(C(=O)NC2CCc3ccccc32)cc1. The number of hydrogen-bond acceptors (Lipinski definition) is 2. The highest BCUT2D eigenvalue weighted by molar-refractivity contribution is 5.97. The molecular weight excluding hydrogens is 264 g/mol. The molecule has 2 aromatic carbocycles. The molecule has 106 valence electrons. The van der Waals surface area contributed by atoms with E-state index in [2.05, 4.69) is 17.4 Å². The van der Waals surface area contributed by atoms with Gasteiger partial charge in [0.15, 0.2) is 0 Å². The van der Waals surface area contributed by atoms with E-state index in [1.807, 2.05) is 12.1 Å². The van der Waals surface area contributed by atoms with E-state index in [0.29, 0.717) is 11.1 Å². The molecule has 0 aromatic heterocycles. The highest BCUT2D eigenvalue weighted by atomic mass is 16.2. The van der Waals surface area contributed by atoms with Crippen LogP contribution >= 0.6 is 0 Å². The maximum Gasteiger partial charge on any atom is 0.251 e. The van der Waals surface area contributed by atoms with Gasteiger partial charge in [0, 0.05) is 11.1 Å². The van der Waals surface area contributed by atoms with Crippen molar-refractivity contribution in [3.8, 4) is 0 Å². The number of benzene rings is 2. The number of aryl methyl sites for hydroxylation is 1. The number of nitrogens with one attached hydrogen (secondary N) is 1. The number of hydrogen-bond donors (Lipinski definition) is 2. The summed E-state index contributed by atoms with van der Waals surface area (Å²) in [6, 6.07) is 14.6. The second-order valence-electron chi connectivity index (χ2n) is 5.21. The lowest BCUT2D eigenvalue weighted by atomic mass is 10.1. The molecule has 2 aromatic rings. The van der Waals surface area contributed by atoms with Crippen molar-refractivity contribution in [1.29, 1.82) is 0 Å². The smallest absolute Gasteiger partial charge is 0.251 e. The van der Waals surface area contributed by atoms with Crippen molar-refractivity contribution in [2.24, 2.45) is 5.73 Å². The standard InChI is InChI=1S/C17H16N2O2/c18-16(20)12-5-7-13(8-6-12)17(21)19-15-10-9-11-3-1-2-4-14(11)15/h1-8,15H,9-10H2,(H2,18,20)(H,19,21). The zero-order valence-corrected chi connectivity index (χ0v) is 11.5. The molecule has 4 nitrogen and oxygen atoms in total. The van der Waals surface area contributed by atoms with Gasteiger partial charge in [-0.15, -0.1) is 0 Å². The summed E-state index contributed by atoms with van der Waals surface area (Å²) in [6.45, 7) is 0. The number of fused-ring (bicyclic) bond motifs is 1. The first-order valence-electron chi connectivity index (χ1n) is 6.93. The molecule has 3 rings (SSSR count). The fourth-order valence-corrected chi connectivity index (χ4v) is 2.73. The average Bonchev–Trinajstić information content (AvgIpc) is 2.91. The van der Waals surface area contributed by atoms with Gasteiger partial charge in [-0.25, -0.2) is 0 Å². The first-order chi connectivity index (χ1) is 10.1. The zero-order valence-electron chi connectivity index (χ0n) is 11.5. The van der Waals surface area contributed by atoms with Crippen LogP contribution in [0, 0.1) is 0 Å². The molecule has 3 N–H and O–H groups in total. The average molecular weight is 280 g/mol. The minimum atomic E-state index is -0.494. The minimum absolute atomic E-state index is 0.0597. The van der Waals surface area contributed by atoms with Gasteiger partial charge in [0.2, 0.25) is 5.91 Å². The van der Waals surface area contributed by atoms with E-state index in [4.69, 9.17) is 5.73 Å². The van der Waals surface area contributed by atoms with Crippen molar-refractivity contribution in [3.05, 3.63) is 70.8 Å². The van der Waals surface area contributed by atoms with Gasteiger partial charge in [-0.3, -0.25) is 9.59 Å². The van der Waals surface area contributed by atoms with E-state index in [-0.39, 0.29) is 11.9 Å². The highest BCUT2D eigenvalue weighted by Gasteiger charge is 2.23. The zero-order chi connectivity index (χ0) is 14.8. The molecule has 1 aliphatic carbocycles. The fraction of sp³-hybridized carbons (Fsp3) is 0.176. The lowest BCUT2D eigenvalue weighted by Gasteiger charge is -2.14. The summed E-state index contributed by atoms with van der Waals surface area (Å²) in [5.41, 5.74) is 8.61. The van der Waals surface area contributed by atoms with Crippen LogP contribution in [0.2, 0.25) is 0 Å². The predicted molar refractivity (Wildman–Crippen MR) is 79.9 cm³/mol. The Bertz CT molecular complexity index is 692. The lowest BCUT2D eigenvalue weighted by molar-refractivity contribution is 0.0934. The van der Waals surface area contributed by atoms with Gasteiger partial charge in [0.05, 0.1) is 6.04 Å². The molecule has 0 bridgehead atoms. The maximum atomic E-state index is 12.3. The molecule has 4 heteroatoms. The third-order valence-electron chi connectivity index (χ3n) is 3.87. The van der Waals surface area contributed by atoms with Crippen LogP contribution in [-0.2, 0) is 6.42 Å². The Hall–Kier alpha value is -2.62. The van der Waals surface area contributed by atoms with Crippen molar-refractivity contribution >= 4 is 11.8 Å². The highest BCUT2D eigenvalue weighted by Crippen LogP contribution is 2.30. The van der Waals surface area contributed by atoms with Gasteiger partial charge < -0.3 is 11.1 Å². The topological polar surface area (TPSA) is 72.2 Å². The number of carbonyl (C=O) groups excluding carboxylic acids is 2. The van der Waals surface area contributed by atoms with Crippen LogP contribution in [0.5, 0.6) is 0 Å². The molecule has 0 saturated carbocycles. The molecule has 0 spiro atoms. The number of amides is 2. The predicted octanol–water partition coefficient (Wildman–Crippen LogP) is 2.20. The molecular formula is C17H16N2O2. The van der Waals surface area contributed by atoms with Crippen LogP contribution in [-0.4, -0.2) is 11.8 Å². The quantitative estimate of drug-likeness (QED) is 0.904. The Kier molecular flexibility index (Phi) is 3.44. The first kappa shape index (κ1) is 13.4. The summed E-state index contributed by atoms with van der Waals surface area (Å²) < 4.78 is 0. The van der Waals surface area contributed by atoms with Gasteiger partial charge in [-0.2, -0.15) is 0 Å². The van der Waals surface area contributed by atoms with Crippen LogP contribution < -0.4 is 11.1 Å². The lowest BCUT2D eigenvalue weighted by Crippen LogP contribution is -2.27. The Morgan fingerprint density at radius 2 is 1.67 bits per heavy atom. The Morgan fingerprint density at radius 3 is 2.38 bits per heavy atom. The van der Waals surface area contributed by atoms with Crippen molar-refractivity contribution in [3.63, 3.8) is 0 Å². The molecule has 1 unspecified atom stereocenters. The Balaban J connectivity index is 1.74. The van der Waals surface area contributed by atoms with Gasteiger partial charge in [0.1, 0.15) is 0 Å². The number of carbonyl (C=O) groups is 2. The van der Waals surface area contributed by atoms with E-state index in [1.54, 1.807) is 24.3 Å². The third-order valence-corrected chi connectivity index (χ3v) is 3.87. The molecule has 21 heavy (non-hydrogen) atoms. The van der Waals surface area contributed by atoms with Gasteiger partial charge >= 0.3 is 0 Å². The van der Waals surface area contributed by atoms with Crippen LogP contribution in [0.25, 0.3) is 0 Å². The van der Waals surface area contributed by atoms with Gasteiger partial charge in [0.25, 0.3) is 5.91 Å². The summed E-state index contributed by atoms with van der Waals surface area (Å²) in [7, 11) is 0. The number of primary amides is 1. The first-order valence-corrected chi connectivity index (χ1v) is 6.93. The van der Waals surface area contributed by atoms with E-state index in [0.717, 1.165) is 12.8 Å². The molecule has 2 amide bonds. The van der Waals surface area contributed by atoms with Gasteiger partial charge in [-0.1, -0.05) is 24.3 Å². The molecule has 0 fully saturated rings. The summed E-state index contributed by atoms with van der Waals surface area (Å²) >= 11 is 0. The van der Waals surface area contributed by atoms with E-state index < -0.39 is 5.91 Å². The second-order valence-corrected chi connectivity index (χ2v) is 5.21. The molecule has 1 aliphatic rings. The van der Waals surface area contributed by atoms with Gasteiger partial charge in [-0.05, 0) is 48.2 Å². The summed E-state index contributed by atoms with van der Waals surface area (Å²) in [5.74, 6) is -0.626. The largest absolute Gasteiger partial charge is 0.366 e. The normalized spacial score (nSPS) is 16.3. The minimum Gasteiger partial charge on any atom is -0.366 e. The number of nitrogens with two attached hydrogens (primary N) is 1. The van der Waals surface area contributed by atoms with E-state index >= 15 is 0 Å². The van der Waals surface area contributed by atoms with E-state index in [9.17, 15) is 9.59 Å². The van der Waals surface area contributed by atoms with Crippen LogP contribution in [0.15, 0.2) is 48.5 Å². The van der Waals surface area contributed by atoms with Crippen molar-refractivity contribution < 1.29 is 9.59 Å². The number of rotatable bonds is 3.